The first-order valence-electron chi connectivity index (χ1n) is 7.00. The monoisotopic (exact) mass is 291 g/mol. The minimum atomic E-state index is -0.490. The zero-order valence-corrected chi connectivity index (χ0v) is 12.1. The maximum atomic E-state index is 6.30. The van der Waals surface area contributed by atoms with Crippen LogP contribution in [0.1, 0.15) is 16.7 Å². The molecule has 1 nitrogen and oxygen atoms in total. The first kappa shape index (κ1) is 12.6. The lowest BCUT2D eigenvalue weighted by molar-refractivity contribution is 0.611. The summed E-state index contributed by atoms with van der Waals surface area (Å²) in [6.07, 6.45) is 0. The van der Waals surface area contributed by atoms with Crippen molar-refractivity contribution in [2.75, 3.05) is 0 Å². The molecule has 0 spiro atoms. The quantitative estimate of drug-likeness (QED) is 0.675. The largest absolute Gasteiger partial charge is 0.214 e. The molecule has 0 saturated heterocycles. The van der Waals surface area contributed by atoms with Gasteiger partial charge in [-0.1, -0.05) is 78.9 Å². The Bertz CT molecular complexity index is 750. The molecule has 1 aliphatic carbocycles. The Morgan fingerprint density at radius 2 is 1.10 bits per heavy atom. The van der Waals surface area contributed by atoms with Gasteiger partial charge in [0.25, 0.3) is 0 Å². The minimum absolute atomic E-state index is 0.490. The van der Waals surface area contributed by atoms with Gasteiger partial charge in [0, 0.05) is 0 Å². The molecule has 3 aromatic carbocycles. The summed E-state index contributed by atoms with van der Waals surface area (Å²) in [6, 6.07) is 27.3. The van der Waals surface area contributed by atoms with Crippen LogP contribution in [0.3, 0.4) is 0 Å². The minimum Gasteiger partial charge on any atom is -0.214 e. The summed E-state index contributed by atoms with van der Waals surface area (Å²) in [5.41, 5.74) is 5.54. The second kappa shape index (κ2) is 4.73. The number of hydrogen-bond acceptors (Lipinski definition) is 1. The van der Waals surface area contributed by atoms with Crippen molar-refractivity contribution in [3.63, 3.8) is 0 Å². The maximum absolute atomic E-state index is 6.30. The molecule has 0 fully saturated rings. The highest BCUT2D eigenvalue weighted by atomic mass is 35.5. The number of rotatable bonds is 2. The average Bonchev–Trinajstić information content (AvgIpc) is 2.87. The summed E-state index contributed by atoms with van der Waals surface area (Å²) in [5.74, 6) is 0. The van der Waals surface area contributed by atoms with Crippen molar-refractivity contribution in [1.29, 1.82) is 0 Å². The Kier molecular flexibility index (Phi) is 2.85. The smallest absolute Gasteiger partial charge is 0.109 e. The Morgan fingerprint density at radius 3 is 1.62 bits per heavy atom. The molecule has 1 N–H and O–H groups in total. The van der Waals surface area contributed by atoms with Crippen molar-refractivity contribution < 1.29 is 0 Å². The maximum Gasteiger partial charge on any atom is 0.109 e. The van der Waals surface area contributed by atoms with E-state index in [0.717, 1.165) is 5.56 Å². The molecular formula is C19H14ClN. The third kappa shape index (κ3) is 1.62. The molecule has 1 aliphatic rings. The van der Waals surface area contributed by atoms with Crippen molar-refractivity contribution in [1.82, 2.24) is 4.84 Å². The summed E-state index contributed by atoms with van der Waals surface area (Å²) in [5, 5.41) is 0. The molecule has 3 aromatic rings. The van der Waals surface area contributed by atoms with Gasteiger partial charge in [-0.15, -0.1) is 0 Å². The van der Waals surface area contributed by atoms with Gasteiger partial charge < -0.3 is 0 Å². The molecule has 0 radical (unpaired) electrons. The van der Waals surface area contributed by atoms with Gasteiger partial charge in [0.05, 0.1) is 0 Å². The van der Waals surface area contributed by atoms with E-state index in [4.69, 9.17) is 11.8 Å². The van der Waals surface area contributed by atoms with Crippen molar-refractivity contribution in [3.8, 4) is 11.1 Å². The van der Waals surface area contributed by atoms with Crippen LogP contribution in [0.15, 0.2) is 78.9 Å². The number of nitrogens with one attached hydrogen (secondary N) is 1. The summed E-state index contributed by atoms with van der Waals surface area (Å²) in [4.78, 5) is 3.08. The molecule has 0 heterocycles. The fourth-order valence-electron chi connectivity index (χ4n) is 3.39. The number of halogens is 1. The lowest BCUT2D eigenvalue weighted by atomic mass is 9.82. The lowest BCUT2D eigenvalue weighted by Gasteiger charge is -2.30. The molecule has 4 rings (SSSR count). The van der Waals surface area contributed by atoms with Gasteiger partial charge in [-0.3, -0.25) is 0 Å². The van der Waals surface area contributed by atoms with Gasteiger partial charge in [0.2, 0.25) is 0 Å². The first-order valence-corrected chi connectivity index (χ1v) is 7.38. The Morgan fingerprint density at radius 1 is 0.619 bits per heavy atom. The topological polar surface area (TPSA) is 12.0 Å². The van der Waals surface area contributed by atoms with E-state index in [9.17, 15) is 0 Å². The van der Waals surface area contributed by atoms with Crippen LogP contribution in [-0.4, -0.2) is 0 Å². The fourth-order valence-corrected chi connectivity index (χ4v) is 3.70. The molecule has 2 heteroatoms. The summed E-state index contributed by atoms with van der Waals surface area (Å²) >= 11 is 6.30. The number of benzene rings is 3. The molecular weight excluding hydrogens is 278 g/mol. The van der Waals surface area contributed by atoms with Crippen molar-refractivity contribution >= 4 is 11.8 Å². The van der Waals surface area contributed by atoms with E-state index in [1.54, 1.807) is 0 Å². The molecule has 0 aromatic heterocycles. The number of hydrogen-bond donors (Lipinski definition) is 1. The average molecular weight is 292 g/mol. The molecule has 0 atom stereocenters. The van der Waals surface area contributed by atoms with Gasteiger partial charge in [0.15, 0.2) is 0 Å². The summed E-state index contributed by atoms with van der Waals surface area (Å²) in [6.45, 7) is 0. The SMILES string of the molecule is ClNC1(c2ccccc2)c2ccccc2-c2ccccc21. The van der Waals surface area contributed by atoms with Crippen molar-refractivity contribution in [2.24, 2.45) is 0 Å². The molecule has 0 unspecified atom stereocenters. The van der Waals surface area contributed by atoms with Crippen molar-refractivity contribution in [3.05, 3.63) is 95.6 Å². The third-order valence-electron chi connectivity index (χ3n) is 4.30. The molecule has 0 saturated carbocycles. The van der Waals surface area contributed by atoms with Crippen LogP contribution >= 0.6 is 11.8 Å². The lowest BCUT2D eigenvalue weighted by Crippen LogP contribution is -2.37. The van der Waals surface area contributed by atoms with Crippen LogP contribution in [0.5, 0.6) is 0 Å². The predicted molar refractivity (Wildman–Crippen MR) is 87.2 cm³/mol. The van der Waals surface area contributed by atoms with Crippen LogP contribution in [0.4, 0.5) is 0 Å². The zero-order valence-electron chi connectivity index (χ0n) is 11.4. The van der Waals surface area contributed by atoms with Gasteiger partial charge in [-0.2, -0.15) is 0 Å². The van der Waals surface area contributed by atoms with Gasteiger partial charge in [-0.05, 0) is 39.6 Å². The second-order valence-corrected chi connectivity index (χ2v) is 5.49. The summed E-state index contributed by atoms with van der Waals surface area (Å²) in [7, 11) is 0. The molecule has 0 bridgehead atoms. The first-order chi connectivity index (χ1) is 10.4. The van der Waals surface area contributed by atoms with Gasteiger partial charge in [0.1, 0.15) is 5.54 Å². The Balaban J connectivity index is 2.12. The van der Waals surface area contributed by atoms with Gasteiger partial charge in [-0.25, -0.2) is 4.84 Å². The molecule has 102 valence electrons. The van der Waals surface area contributed by atoms with E-state index >= 15 is 0 Å². The highest BCUT2D eigenvalue weighted by Gasteiger charge is 2.43. The molecule has 0 amide bonds. The fraction of sp³-hybridized carbons (Fsp3) is 0.0526. The van der Waals surface area contributed by atoms with E-state index < -0.39 is 5.54 Å². The Labute approximate surface area is 129 Å². The van der Waals surface area contributed by atoms with E-state index in [1.165, 1.54) is 22.3 Å². The van der Waals surface area contributed by atoms with E-state index in [1.807, 2.05) is 6.07 Å². The molecule has 21 heavy (non-hydrogen) atoms. The zero-order chi connectivity index (χ0) is 14.3. The van der Waals surface area contributed by atoms with Crippen LogP contribution in [0.25, 0.3) is 11.1 Å². The third-order valence-corrected chi connectivity index (χ3v) is 4.58. The van der Waals surface area contributed by atoms with Crippen molar-refractivity contribution in [2.45, 2.75) is 5.54 Å². The van der Waals surface area contributed by atoms with E-state index in [2.05, 4.69) is 77.6 Å². The summed E-state index contributed by atoms with van der Waals surface area (Å²) < 4.78 is 0. The van der Waals surface area contributed by atoms with E-state index in [-0.39, 0.29) is 0 Å². The van der Waals surface area contributed by atoms with E-state index in [0.29, 0.717) is 0 Å². The molecule has 0 aliphatic heterocycles. The standard InChI is InChI=1S/C19H14ClN/c20-21-19(14-8-2-1-3-9-14)17-12-6-4-10-15(17)16-11-5-7-13-18(16)19/h1-13,21H. The van der Waals surface area contributed by atoms with Crippen LogP contribution in [0.2, 0.25) is 0 Å². The van der Waals surface area contributed by atoms with Crippen LogP contribution in [0, 0.1) is 0 Å². The predicted octanol–water partition coefficient (Wildman–Crippen LogP) is 4.70. The Hall–Kier alpha value is -2.09. The second-order valence-electron chi connectivity index (χ2n) is 5.30. The normalized spacial score (nSPS) is 14.5. The number of fused-ring (bicyclic) bond motifs is 3. The van der Waals surface area contributed by atoms with Crippen LogP contribution < -0.4 is 4.84 Å². The van der Waals surface area contributed by atoms with Gasteiger partial charge >= 0.3 is 0 Å². The highest BCUT2D eigenvalue weighted by Crippen LogP contribution is 2.50. The van der Waals surface area contributed by atoms with Crippen LogP contribution in [-0.2, 0) is 5.54 Å². The highest BCUT2D eigenvalue weighted by molar-refractivity contribution is 6.15.